The summed E-state index contributed by atoms with van der Waals surface area (Å²) in [6.07, 6.45) is 0. The van der Waals surface area contributed by atoms with Gasteiger partial charge in [0.2, 0.25) is 0 Å². The Morgan fingerprint density at radius 3 is 2.12 bits per heavy atom. The van der Waals surface area contributed by atoms with Crippen molar-refractivity contribution in [1.82, 2.24) is 4.98 Å². The van der Waals surface area contributed by atoms with E-state index in [1.54, 1.807) is 18.2 Å². The number of rotatable bonds is 5. The van der Waals surface area contributed by atoms with Gasteiger partial charge in [0.05, 0.1) is 11.4 Å². The number of benzene rings is 4. The second kappa shape index (κ2) is 9.18. The van der Waals surface area contributed by atoms with E-state index in [4.69, 9.17) is 0 Å². The minimum Gasteiger partial charge on any atom is -0.321 e. The van der Waals surface area contributed by atoms with E-state index in [1.807, 2.05) is 84.2 Å². The number of anilines is 1. The Balaban J connectivity index is 1.39. The van der Waals surface area contributed by atoms with E-state index in [-0.39, 0.29) is 11.7 Å². The third-order valence-electron chi connectivity index (χ3n) is 5.31. The van der Waals surface area contributed by atoms with Crippen LogP contribution in [0.3, 0.4) is 0 Å². The first-order valence-corrected chi connectivity index (χ1v) is 11.3. The van der Waals surface area contributed by atoms with E-state index in [9.17, 15) is 9.18 Å². The fraction of sp³-hybridized carbons (Fsp3) is 0. The van der Waals surface area contributed by atoms with Gasteiger partial charge in [-0.15, -0.1) is 11.3 Å². The standard InChI is InChI=1S/C28H19FN2OS/c29-24-12-6-4-10-22(24)28-31-26(18-33-28)23-11-5-7-13-25(23)30-27(32)21-16-14-20(15-17-21)19-8-2-1-3-9-19/h1-18H,(H,30,32). The van der Waals surface area contributed by atoms with Gasteiger partial charge < -0.3 is 5.32 Å². The van der Waals surface area contributed by atoms with Gasteiger partial charge in [0.1, 0.15) is 10.8 Å². The zero-order valence-corrected chi connectivity index (χ0v) is 18.4. The van der Waals surface area contributed by atoms with E-state index >= 15 is 0 Å². The van der Waals surface area contributed by atoms with Crippen LogP contribution in [0.25, 0.3) is 33.0 Å². The molecule has 0 atom stereocenters. The lowest BCUT2D eigenvalue weighted by atomic mass is 10.0. The molecule has 1 amide bonds. The van der Waals surface area contributed by atoms with Crippen LogP contribution in [0.5, 0.6) is 0 Å². The van der Waals surface area contributed by atoms with Crippen molar-refractivity contribution in [2.75, 3.05) is 5.32 Å². The van der Waals surface area contributed by atoms with E-state index in [0.29, 0.717) is 27.5 Å². The van der Waals surface area contributed by atoms with Crippen molar-refractivity contribution in [3.05, 3.63) is 120 Å². The molecule has 0 saturated heterocycles. The maximum absolute atomic E-state index is 14.2. The van der Waals surface area contributed by atoms with E-state index in [2.05, 4.69) is 10.3 Å². The molecule has 1 N–H and O–H groups in total. The van der Waals surface area contributed by atoms with Crippen LogP contribution in [0, 0.1) is 5.82 Å². The molecule has 160 valence electrons. The molecule has 0 aliphatic rings. The number of carbonyl (C=O) groups excluding carboxylic acids is 1. The van der Waals surface area contributed by atoms with Crippen LogP contribution in [0.1, 0.15) is 10.4 Å². The Hall–Kier alpha value is -4.09. The number of hydrogen-bond acceptors (Lipinski definition) is 3. The quantitative estimate of drug-likeness (QED) is 0.301. The lowest BCUT2D eigenvalue weighted by Crippen LogP contribution is -2.12. The van der Waals surface area contributed by atoms with Crippen molar-refractivity contribution in [3.8, 4) is 33.0 Å². The molecule has 1 heterocycles. The smallest absolute Gasteiger partial charge is 0.255 e. The van der Waals surface area contributed by atoms with Crippen LogP contribution >= 0.6 is 11.3 Å². The van der Waals surface area contributed by atoms with Crippen molar-refractivity contribution in [3.63, 3.8) is 0 Å². The molecule has 4 aromatic carbocycles. The fourth-order valence-corrected chi connectivity index (χ4v) is 4.46. The maximum atomic E-state index is 14.2. The number of carbonyl (C=O) groups is 1. The highest BCUT2D eigenvalue weighted by Gasteiger charge is 2.15. The Labute approximate surface area is 195 Å². The second-order valence-electron chi connectivity index (χ2n) is 7.46. The minimum atomic E-state index is -0.307. The van der Waals surface area contributed by atoms with Gasteiger partial charge in [-0.25, -0.2) is 9.37 Å². The highest BCUT2D eigenvalue weighted by atomic mass is 32.1. The van der Waals surface area contributed by atoms with Crippen LogP contribution in [-0.4, -0.2) is 10.9 Å². The average Bonchev–Trinajstić information content (AvgIpc) is 3.35. The number of aromatic nitrogens is 1. The first-order chi connectivity index (χ1) is 16.2. The van der Waals surface area contributed by atoms with Gasteiger partial charge >= 0.3 is 0 Å². The lowest BCUT2D eigenvalue weighted by Gasteiger charge is -2.10. The molecule has 0 aliphatic heterocycles. The molecule has 0 unspecified atom stereocenters. The summed E-state index contributed by atoms with van der Waals surface area (Å²) in [4.78, 5) is 17.6. The third kappa shape index (κ3) is 4.45. The average molecular weight is 451 g/mol. The van der Waals surface area contributed by atoms with Crippen molar-refractivity contribution in [2.45, 2.75) is 0 Å². The predicted molar refractivity (Wildman–Crippen MR) is 133 cm³/mol. The van der Waals surface area contributed by atoms with Gasteiger partial charge in [-0.3, -0.25) is 4.79 Å². The summed E-state index contributed by atoms with van der Waals surface area (Å²) < 4.78 is 14.2. The summed E-state index contributed by atoms with van der Waals surface area (Å²) in [6.45, 7) is 0. The summed E-state index contributed by atoms with van der Waals surface area (Å²) in [5.74, 6) is -0.509. The number of hydrogen-bond donors (Lipinski definition) is 1. The maximum Gasteiger partial charge on any atom is 0.255 e. The molecular formula is C28H19FN2OS. The van der Waals surface area contributed by atoms with Crippen LogP contribution < -0.4 is 5.32 Å². The van der Waals surface area contributed by atoms with Crippen LogP contribution in [-0.2, 0) is 0 Å². The number of halogens is 1. The van der Waals surface area contributed by atoms with Gasteiger partial charge in [-0.2, -0.15) is 0 Å². The summed E-state index contributed by atoms with van der Waals surface area (Å²) in [7, 11) is 0. The Kier molecular flexibility index (Phi) is 5.79. The molecule has 1 aromatic heterocycles. The predicted octanol–water partition coefficient (Wildman–Crippen LogP) is 7.54. The largest absolute Gasteiger partial charge is 0.321 e. The SMILES string of the molecule is O=C(Nc1ccccc1-c1csc(-c2ccccc2F)n1)c1ccc(-c2ccccc2)cc1. The van der Waals surface area contributed by atoms with Gasteiger partial charge in [0.15, 0.2) is 0 Å². The van der Waals surface area contributed by atoms with E-state index < -0.39 is 0 Å². The summed E-state index contributed by atoms with van der Waals surface area (Å²) in [6, 6.07) is 31.6. The van der Waals surface area contributed by atoms with Crippen molar-refractivity contribution in [1.29, 1.82) is 0 Å². The number of thiazole rings is 1. The molecule has 5 heteroatoms. The van der Waals surface area contributed by atoms with Gasteiger partial charge in [-0.1, -0.05) is 72.8 Å². The van der Waals surface area contributed by atoms with Gasteiger partial charge in [0.25, 0.3) is 5.91 Å². The lowest BCUT2D eigenvalue weighted by molar-refractivity contribution is 0.102. The molecule has 0 saturated carbocycles. The first kappa shape index (κ1) is 20.8. The molecule has 33 heavy (non-hydrogen) atoms. The first-order valence-electron chi connectivity index (χ1n) is 10.5. The molecule has 0 bridgehead atoms. The Morgan fingerprint density at radius 1 is 0.727 bits per heavy atom. The molecule has 0 fully saturated rings. The number of para-hydroxylation sites is 1. The van der Waals surface area contributed by atoms with Crippen LogP contribution in [0.4, 0.5) is 10.1 Å². The summed E-state index contributed by atoms with van der Waals surface area (Å²) in [5, 5.41) is 5.47. The van der Waals surface area contributed by atoms with Crippen molar-refractivity contribution in [2.24, 2.45) is 0 Å². The van der Waals surface area contributed by atoms with Crippen LogP contribution in [0.15, 0.2) is 109 Å². The molecule has 0 spiro atoms. The summed E-state index contributed by atoms with van der Waals surface area (Å²) >= 11 is 1.37. The third-order valence-corrected chi connectivity index (χ3v) is 6.19. The van der Waals surface area contributed by atoms with Gasteiger partial charge in [-0.05, 0) is 41.5 Å². The molecule has 0 radical (unpaired) electrons. The van der Waals surface area contributed by atoms with E-state index in [1.165, 1.54) is 17.4 Å². The second-order valence-corrected chi connectivity index (χ2v) is 8.32. The van der Waals surface area contributed by atoms with Crippen molar-refractivity contribution >= 4 is 22.9 Å². The zero-order chi connectivity index (χ0) is 22.6. The Bertz CT molecular complexity index is 1410. The number of nitrogens with one attached hydrogen (secondary N) is 1. The molecular weight excluding hydrogens is 431 g/mol. The molecule has 3 nitrogen and oxygen atoms in total. The number of amides is 1. The van der Waals surface area contributed by atoms with E-state index in [0.717, 1.165) is 16.7 Å². The van der Waals surface area contributed by atoms with Crippen LogP contribution in [0.2, 0.25) is 0 Å². The highest BCUT2D eigenvalue weighted by Crippen LogP contribution is 2.34. The zero-order valence-electron chi connectivity index (χ0n) is 17.5. The topological polar surface area (TPSA) is 42.0 Å². The van der Waals surface area contributed by atoms with Gasteiger partial charge in [0, 0.05) is 22.1 Å². The Morgan fingerprint density at radius 2 is 1.36 bits per heavy atom. The molecule has 0 aliphatic carbocycles. The minimum absolute atomic E-state index is 0.202. The molecule has 5 aromatic rings. The molecule has 5 rings (SSSR count). The monoisotopic (exact) mass is 450 g/mol. The fourth-order valence-electron chi connectivity index (χ4n) is 3.61. The van der Waals surface area contributed by atoms with Crippen molar-refractivity contribution < 1.29 is 9.18 Å². The number of nitrogens with zero attached hydrogens (tertiary/aromatic N) is 1. The normalized spacial score (nSPS) is 10.7. The summed E-state index contributed by atoms with van der Waals surface area (Å²) in [5.41, 5.74) is 5.31. The highest BCUT2D eigenvalue weighted by molar-refractivity contribution is 7.13.